The lowest BCUT2D eigenvalue weighted by Crippen LogP contribution is -2.32. The maximum absolute atomic E-state index is 13.0. The molecular weight excluding hydrogens is 346 g/mol. The van der Waals surface area contributed by atoms with E-state index >= 15 is 0 Å². The first-order valence-corrected chi connectivity index (χ1v) is 10.4. The van der Waals surface area contributed by atoms with Gasteiger partial charge in [-0.2, -0.15) is 0 Å². The molecule has 1 saturated carbocycles. The van der Waals surface area contributed by atoms with E-state index in [1.54, 1.807) is 0 Å². The normalized spacial score (nSPS) is 18.7. The summed E-state index contributed by atoms with van der Waals surface area (Å²) in [5, 5.41) is 0. The van der Waals surface area contributed by atoms with E-state index in [4.69, 9.17) is 4.74 Å². The van der Waals surface area contributed by atoms with Crippen LogP contribution in [0.3, 0.4) is 0 Å². The zero-order chi connectivity index (χ0) is 19.3. The number of hydrogen-bond donors (Lipinski definition) is 0. The highest BCUT2D eigenvalue weighted by Crippen LogP contribution is 2.30. The number of carbonyl (C=O) groups excluding carboxylic acids is 1. The first kappa shape index (κ1) is 18.8. The molecule has 2 aliphatic rings. The van der Waals surface area contributed by atoms with Gasteiger partial charge in [0, 0.05) is 18.2 Å². The second-order valence-electron chi connectivity index (χ2n) is 8.14. The van der Waals surface area contributed by atoms with Crippen LogP contribution in [0, 0.1) is 12.8 Å². The number of nitrogens with zero attached hydrogens (tertiary/aromatic N) is 1. The van der Waals surface area contributed by atoms with Crippen molar-refractivity contribution in [3.8, 4) is 5.75 Å². The molecule has 146 valence electrons. The molecule has 3 nitrogen and oxygen atoms in total. The second kappa shape index (κ2) is 8.64. The Bertz CT molecular complexity index is 819. The summed E-state index contributed by atoms with van der Waals surface area (Å²) in [4.78, 5) is 15.0. The number of rotatable bonds is 7. The Morgan fingerprint density at radius 3 is 2.39 bits per heavy atom. The van der Waals surface area contributed by atoms with Crippen LogP contribution in [0.2, 0.25) is 0 Å². The van der Waals surface area contributed by atoms with Crippen molar-refractivity contribution in [1.82, 2.24) is 4.90 Å². The minimum absolute atomic E-state index is 0.133. The summed E-state index contributed by atoms with van der Waals surface area (Å²) in [5.74, 6) is 1.68. The summed E-state index contributed by atoms with van der Waals surface area (Å²) in [6.07, 6.45) is 10.2. The van der Waals surface area contributed by atoms with Crippen LogP contribution >= 0.6 is 0 Å². The Kier molecular flexibility index (Phi) is 5.80. The topological polar surface area (TPSA) is 29.5 Å². The second-order valence-corrected chi connectivity index (χ2v) is 8.14. The van der Waals surface area contributed by atoms with Gasteiger partial charge in [0.1, 0.15) is 5.75 Å². The molecule has 0 aromatic heterocycles. The van der Waals surface area contributed by atoms with Gasteiger partial charge in [0.15, 0.2) is 0 Å². The molecule has 0 heterocycles. The van der Waals surface area contributed by atoms with Crippen LogP contribution in [0.25, 0.3) is 0 Å². The lowest BCUT2D eigenvalue weighted by molar-refractivity contribution is 0.0730. The van der Waals surface area contributed by atoms with Crippen molar-refractivity contribution in [3.63, 3.8) is 0 Å². The van der Waals surface area contributed by atoms with Crippen LogP contribution in [-0.4, -0.2) is 23.5 Å². The molecule has 3 heteroatoms. The van der Waals surface area contributed by atoms with E-state index in [9.17, 15) is 4.79 Å². The summed E-state index contributed by atoms with van der Waals surface area (Å²) < 4.78 is 5.98. The van der Waals surface area contributed by atoms with Crippen molar-refractivity contribution in [1.29, 1.82) is 0 Å². The number of carbonyl (C=O) groups is 1. The summed E-state index contributed by atoms with van der Waals surface area (Å²) in [6.45, 7) is 3.48. The molecule has 0 spiro atoms. The highest BCUT2D eigenvalue weighted by Gasteiger charge is 2.33. The van der Waals surface area contributed by atoms with Gasteiger partial charge in [0.05, 0.1) is 6.61 Å². The standard InChI is InChI=1S/C25H29NO2/c1-19-7-11-22(12-8-19)25(27)26(23-13-14-23)17-20-9-15-24(16-10-20)28-18-21-5-3-2-4-6-21/h2-3,7-12,15-16,21,23H,4-6,13-14,17-18H2,1H3/t21-/m1/s1. The minimum Gasteiger partial charge on any atom is -0.493 e. The molecule has 0 unspecified atom stereocenters. The molecule has 28 heavy (non-hydrogen) atoms. The molecule has 1 fully saturated rings. The molecule has 2 aromatic carbocycles. The molecule has 4 rings (SSSR count). The fourth-order valence-electron chi connectivity index (χ4n) is 3.72. The fraction of sp³-hybridized carbons (Fsp3) is 0.400. The van der Waals surface area contributed by atoms with Crippen molar-refractivity contribution in [2.75, 3.05) is 6.61 Å². The molecule has 0 saturated heterocycles. The quantitative estimate of drug-likeness (QED) is 0.595. The number of aryl methyl sites for hydroxylation is 1. The highest BCUT2D eigenvalue weighted by molar-refractivity contribution is 5.94. The number of ether oxygens (including phenoxy) is 1. The predicted octanol–water partition coefficient (Wildman–Crippen LogP) is 5.53. The minimum atomic E-state index is 0.133. The van der Waals surface area contributed by atoms with Crippen LogP contribution in [-0.2, 0) is 6.54 Å². The Morgan fingerprint density at radius 2 is 1.75 bits per heavy atom. The van der Waals surface area contributed by atoms with Gasteiger partial charge in [-0.05, 0) is 74.8 Å². The Morgan fingerprint density at radius 1 is 1.00 bits per heavy atom. The largest absolute Gasteiger partial charge is 0.493 e. The Balaban J connectivity index is 1.36. The maximum Gasteiger partial charge on any atom is 0.254 e. The van der Waals surface area contributed by atoms with E-state index in [1.165, 1.54) is 18.4 Å². The van der Waals surface area contributed by atoms with Gasteiger partial charge in [-0.1, -0.05) is 42.0 Å². The van der Waals surface area contributed by atoms with E-state index in [1.807, 2.05) is 48.2 Å². The monoisotopic (exact) mass is 375 g/mol. The van der Waals surface area contributed by atoms with Crippen LogP contribution in [0.5, 0.6) is 5.75 Å². The van der Waals surface area contributed by atoms with Gasteiger partial charge < -0.3 is 9.64 Å². The van der Waals surface area contributed by atoms with Crippen molar-refractivity contribution in [2.45, 2.75) is 51.6 Å². The fourth-order valence-corrected chi connectivity index (χ4v) is 3.72. The zero-order valence-corrected chi connectivity index (χ0v) is 16.6. The predicted molar refractivity (Wildman–Crippen MR) is 112 cm³/mol. The molecule has 2 aromatic rings. The number of benzene rings is 2. The summed E-state index contributed by atoms with van der Waals surface area (Å²) in [6, 6.07) is 16.5. The molecule has 0 N–H and O–H groups in total. The van der Waals surface area contributed by atoms with Crippen molar-refractivity contribution >= 4 is 5.91 Å². The first-order chi connectivity index (χ1) is 13.7. The zero-order valence-electron chi connectivity index (χ0n) is 16.6. The van der Waals surface area contributed by atoms with Crippen LogP contribution in [0.4, 0.5) is 0 Å². The van der Waals surface area contributed by atoms with E-state index < -0.39 is 0 Å². The molecular formula is C25H29NO2. The van der Waals surface area contributed by atoms with Gasteiger partial charge >= 0.3 is 0 Å². The van der Waals surface area contributed by atoms with Crippen LogP contribution < -0.4 is 4.74 Å². The van der Waals surface area contributed by atoms with Crippen LogP contribution in [0.1, 0.15) is 53.6 Å². The van der Waals surface area contributed by atoms with Gasteiger partial charge in [0.25, 0.3) is 5.91 Å². The lowest BCUT2D eigenvalue weighted by Gasteiger charge is -2.23. The van der Waals surface area contributed by atoms with E-state index in [0.29, 0.717) is 18.5 Å². The smallest absolute Gasteiger partial charge is 0.254 e. The average molecular weight is 376 g/mol. The van der Waals surface area contributed by atoms with E-state index in [2.05, 4.69) is 24.3 Å². The van der Waals surface area contributed by atoms with E-state index in [-0.39, 0.29) is 5.91 Å². The Hall–Kier alpha value is -2.55. The first-order valence-electron chi connectivity index (χ1n) is 10.4. The number of hydrogen-bond acceptors (Lipinski definition) is 2. The third kappa shape index (κ3) is 4.83. The SMILES string of the molecule is Cc1ccc(C(=O)N(Cc2ccc(OC[C@@H]3CC=CCC3)cc2)C2CC2)cc1. The van der Waals surface area contributed by atoms with Crippen LogP contribution in [0.15, 0.2) is 60.7 Å². The van der Waals surface area contributed by atoms with Gasteiger partial charge in [-0.15, -0.1) is 0 Å². The lowest BCUT2D eigenvalue weighted by atomic mass is 9.95. The van der Waals surface area contributed by atoms with E-state index in [0.717, 1.165) is 42.7 Å². The van der Waals surface area contributed by atoms with Crippen molar-refractivity contribution in [3.05, 3.63) is 77.4 Å². The third-order valence-electron chi connectivity index (χ3n) is 5.69. The maximum atomic E-state index is 13.0. The summed E-state index contributed by atoms with van der Waals surface area (Å²) >= 11 is 0. The average Bonchev–Trinajstić information content (AvgIpc) is 3.57. The van der Waals surface area contributed by atoms with Gasteiger partial charge in [-0.3, -0.25) is 4.79 Å². The Labute approximate surface area is 168 Å². The van der Waals surface area contributed by atoms with Gasteiger partial charge in [0.2, 0.25) is 0 Å². The number of allylic oxidation sites excluding steroid dienone is 2. The molecule has 0 aliphatic heterocycles. The van der Waals surface area contributed by atoms with Crippen molar-refractivity contribution in [2.24, 2.45) is 5.92 Å². The summed E-state index contributed by atoms with van der Waals surface area (Å²) in [5.41, 5.74) is 3.11. The molecule has 1 atom stereocenters. The summed E-state index contributed by atoms with van der Waals surface area (Å²) in [7, 11) is 0. The van der Waals surface area contributed by atoms with Gasteiger partial charge in [-0.25, -0.2) is 0 Å². The molecule has 1 amide bonds. The third-order valence-corrected chi connectivity index (χ3v) is 5.69. The molecule has 0 bridgehead atoms. The highest BCUT2D eigenvalue weighted by atomic mass is 16.5. The number of amides is 1. The molecule has 0 radical (unpaired) electrons. The van der Waals surface area contributed by atoms with Crippen molar-refractivity contribution < 1.29 is 9.53 Å². The molecule has 2 aliphatic carbocycles.